The third kappa shape index (κ3) is 7.37. The van der Waals surface area contributed by atoms with Gasteiger partial charge < -0.3 is 0 Å². The Labute approximate surface area is 86.8 Å². The van der Waals surface area contributed by atoms with Gasteiger partial charge in [0.05, 0.1) is 0 Å². The molecule has 0 aromatic rings. The molecule has 0 saturated carbocycles. The SMILES string of the molecule is CCCCCCCCC=C(C#N)C#N. The fraction of sp³-hybridized carbons (Fsp3) is 0.667. The summed E-state index contributed by atoms with van der Waals surface area (Å²) in [4.78, 5) is 0. The molecular weight excluding hydrogens is 172 g/mol. The first-order valence-electron chi connectivity index (χ1n) is 5.35. The Hall–Kier alpha value is -1.28. The molecule has 2 heteroatoms. The van der Waals surface area contributed by atoms with Crippen LogP contribution in [0.25, 0.3) is 0 Å². The van der Waals surface area contributed by atoms with Crippen LogP contribution in [0.5, 0.6) is 0 Å². The Morgan fingerprint density at radius 1 is 1.00 bits per heavy atom. The van der Waals surface area contributed by atoms with E-state index in [-0.39, 0.29) is 5.57 Å². The lowest BCUT2D eigenvalue weighted by atomic mass is 10.1. The molecule has 0 unspecified atom stereocenters. The minimum absolute atomic E-state index is 0.249. The molecule has 14 heavy (non-hydrogen) atoms. The number of nitrogens with zero attached hydrogens (tertiary/aromatic N) is 2. The fourth-order valence-electron chi connectivity index (χ4n) is 1.29. The summed E-state index contributed by atoms with van der Waals surface area (Å²) in [6.45, 7) is 2.20. The summed E-state index contributed by atoms with van der Waals surface area (Å²) in [6, 6.07) is 3.73. The Morgan fingerprint density at radius 3 is 2.14 bits per heavy atom. The van der Waals surface area contributed by atoms with Crippen molar-refractivity contribution in [3.8, 4) is 12.1 Å². The third-order valence-corrected chi connectivity index (χ3v) is 2.15. The van der Waals surface area contributed by atoms with Crippen molar-refractivity contribution in [2.45, 2.75) is 51.9 Å². The summed E-state index contributed by atoms with van der Waals surface area (Å²) < 4.78 is 0. The van der Waals surface area contributed by atoms with E-state index in [1.807, 2.05) is 12.1 Å². The fourth-order valence-corrected chi connectivity index (χ4v) is 1.29. The van der Waals surface area contributed by atoms with Gasteiger partial charge in [-0.05, 0) is 12.8 Å². The van der Waals surface area contributed by atoms with E-state index < -0.39 is 0 Å². The van der Waals surface area contributed by atoms with Gasteiger partial charge in [0.15, 0.2) is 0 Å². The molecule has 0 saturated heterocycles. The van der Waals surface area contributed by atoms with Crippen molar-refractivity contribution in [3.63, 3.8) is 0 Å². The van der Waals surface area contributed by atoms with Gasteiger partial charge >= 0.3 is 0 Å². The second-order valence-corrected chi connectivity index (χ2v) is 3.40. The molecular formula is C12H18N2. The standard InChI is InChI=1S/C12H18N2/c1-2-3-4-5-6-7-8-9-12(10-13)11-14/h9H,2-8H2,1H3. The average molecular weight is 190 g/mol. The summed E-state index contributed by atoms with van der Waals surface area (Å²) in [5.74, 6) is 0. The normalized spacial score (nSPS) is 8.79. The van der Waals surface area contributed by atoms with E-state index in [1.54, 1.807) is 6.08 Å². The van der Waals surface area contributed by atoms with Crippen molar-refractivity contribution in [1.82, 2.24) is 0 Å². The highest BCUT2D eigenvalue weighted by Crippen LogP contribution is 2.07. The molecule has 0 aliphatic carbocycles. The molecule has 0 N–H and O–H groups in total. The molecule has 0 atom stereocenters. The van der Waals surface area contributed by atoms with Crippen LogP contribution in [0.2, 0.25) is 0 Å². The Balaban J connectivity index is 3.34. The Kier molecular flexibility index (Phi) is 8.91. The van der Waals surface area contributed by atoms with Crippen molar-refractivity contribution in [3.05, 3.63) is 11.6 Å². The highest BCUT2D eigenvalue weighted by Gasteiger charge is 1.91. The second-order valence-electron chi connectivity index (χ2n) is 3.40. The van der Waals surface area contributed by atoms with E-state index in [0.29, 0.717) is 0 Å². The molecule has 0 amide bonds. The van der Waals surface area contributed by atoms with Crippen molar-refractivity contribution >= 4 is 0 Å². The van der Waals surface area contributed by atoms with Gasteiger partial charge in [0.1, 0.15) is 17.7 Å². The summed E-state index contributed by atoms with van der Waals surface area (Å²) in [5.41, 5.74) is 0.249. The van der Waals surface area contributed by atoms with Crippen molar-refractivity contribution in [2.24, 2.45) is 0 Å². The molecule has 0 aliphatic heterocycles. The average Bonchev–Trinajstić information content (AvgIpc) is 2.22. The number of hydrogen-bond acceptors (Lipinski definition) is 2. The maximum absolute atomic E-state index is 8.46. The predicted octanol–water partition coefficient (Wildman–Crippen LogP) is 3.71. The van der Waals surface area contributed by atoms with Crippen LogP contribution in [0.15, 0.2) is 11.6 Å². The van der Waals surface area contributed by atoms with Crippen LogP contribution < -0.4 is 0 Å². The van der Waals surface area contributed by atoms with Gasteiger partial charge in [0, 0.05) is 0 Å². The summed E-state index contributed by atoms with van der Waals surface area (Å²) in [7, 11) is 0. The van der Waals surface area contributed by atoms with E-state index in [0.717, 1.165) is 12.8 Å². The highest BCUT2D eigenvalue weighted by molar-refractivity contribution is 5.34. The smallest absolute Gasteiger partial charge is 0.125 e. The van der Waals surface area contributed by atoms with Gasteiger partial charge in [-0.25, -0.2) is 0 Å². The lowest BCUT2D eigenvalue weighted by Crippen LogP contribution is -1.79. The monoisotopic (exact) mass is 190 g/mol. The molecule has 76 valence electrons. The van der Waals surface area contributed by atoms with Crippen molar-refractivity contribution in [2.75, 3.05) is 0 Å². The minimum atomic E-state index is 0.249. The molecule has 0 aliphatic rings. The van der Waals surface area contributed by atoms with E-state index in [4.69, 9.17) is 10.5 Å². The first-order chi connectivity index (χ1) is 6.85. The first kappa shape index (κ1) is 12.7. The van der Waals surface area contributed by atoms with Gasteiger partial charge in [0.2, 0.25) is 0 Å². The molecule has 0 aromatic carbocycles. The van der Waals surface area contributed by atoms with E-state index >= 15 is 0 Å². The van der Waals surface area contributed by atoms with Crippen LogP contribution in [0.3, 0.4) is 0 Å². The second kappa shape index (κ2) is 9.81. The molecule has 2 nitrogen and oxygen atoms in total. The molecule has 0 heterocycles. The maximum Gasteiger partial charge on any atom is 0.125 e. The zero-order valence-corrected chi connectivity index (χ0v) is 8.92. The van der Waals surface area contributed by atoms with E-state index in [9.17, 15) is 0 Å². The zero-order valence-electron chi connectivity index (χ0n) is 8.92. The number of hydrogen-bond donors (Lipinski definition) is 0. The van der Waals surface area contributed by atoms with Gasteiger partial charge in [-0.15, -0.1) is 0 Å². The van der Waals surface area contributed by atoms with E-state index in [2.05, 4.69) is 6.92 Å². The molecule has 0 fully saturated rings. The molecule has 0 radical (unpaired) electrons. The third-order valence-electron chi connectivity index (χ3n) is 2.15. The lowest BCUT2D eigenvalue weighted by molar-refractivity contribution is 0.611. The van der Waals surface area contributed by atoms with Crippen LogP contribution in [0, 0.1) is 22.7 Å². The molecule has 0 spiro atoms. The first-order valence-corrected chi connectivity index (χ1v) is 5.35. The van der Waals surface area contributed by atoms with Crippen molar-refractivity contribution < 1.29 is 0 Å². The maximum atomic E-state index is 8.46. The van der Waals surface area contributed by atoms with Crippen LogP contribution in [0.4, 0.5) is 0 Å². The van der Waals surface area contributed by atoms with Crippen LogP contribution in [-0.4, -0.2) is 0 Å². The van der Waals surface area contributed by atoms with Gasteiger partial charge in [0.25, 0.3) is 0 Å². The van der Waals surface area contributed by atoms with Gasteiger partial charge in [-0.2, -0.15) is 10.5 Å². The minimum Gasteiger partial charge on any atom is -0.192 e. The van der Waals surface area contributed by atoms with Crippen LogP contribution in [0.1, 0.15) is 51.9 Å². The summed E-state index contributed by atoms with van der Waals surface area (Å²) >= 11 is 0. The quantitative estimate of drug-likeness (QED) is 0.454. The molecule has 0 rings (SSSR count). The number of unbranched alkanes of at least 4 members (excludes halogenated alkanes) is 6. The Bertz CT molecular complexity index is 224. The number of allylic oxidation sites excluding steroid dienone is 2. The van der Waals surface area contributed by atoms with Crippen LogP contribution >= 0.6 is 0 Å². The molecule has 0 aromatic heterocycles. The largest absolute Gasteiger partial charge is 0.192 e. The topological polar surface area (TPSA) is 47.6 Å². The van der Waals surface area contributed by atoms with Crippen LogP contribution in [-0.2, 0) is 0 Å². The van der Waals surface area contributed by atoms with Crippen molar-refractivity contribution in [1.29, 1.82) is 10.5 Å². The summed E-state index contributed by atoms with van der Waals surface area (Å²) in [5, 5.41) is 16.9. The molecule has 0 bridgehead atoms. The number of rotatable bonds is 7. The lowest BCUT2D eigenvalue weighted by Gasteiger charge is -1.97. The van der Waals surface area contributed by atoms with Gasteiger partial charge in [-0.3, -0.25) is 0 Å². The predicted molar refractivity (Wildman–Crippen MR) is 57.3 cm³/mol. The number of nitriles is 2. The highest BCUT2D eigenvalue weighted by atomic mass is 14.3. The van der Waals surface area contributed by atoms with Gasteiger partial charge in [-0.1, -0.05) is 45.1 Å². The Morgan fingerprint density at radius 2 is 1.57 bits per heavy atom. The van der Waals surface area contributed by atoms with E-state index in [1.165, 1.54) is 32.1 Å². The zero-order chi connectivity index (χ0) is 10.6. The summed E-state index contributed by atoms with van der Waals surface area (Å²) in [6.07, 6.45) is 10.1.